The summed E-state index contributed by atoms with van der Waals surface area (Å²) >= 11 is 1.37. The lowest BCUT2D eigenvalue weighted by atomic mass is 10.0. The van der Waals surface area contributed by atoms with Gasteiger partial charge in [-0.15, -0.1) is 0 Å². The molecule has 0 saturated carbocycles. The van der Waals surface area contributed by atoms with Gasteiger partial charge in [-0.3, -0.25) is 19.2 Å². The summed E-state index contributed by atoms with van der Waals surface area (Å²) in [6, 6.07) is 0.0129. The number of phenolic OH excluding ortho intramolecular Hbond substituents is 1. The van der Waals surface area contributed by atoms with Crippen molar-refractivity contribution in [2.75, 3.05) is 12.0 Å². The van der Waals surface area contributed by atoms with Crippen LogP contribution in [-0.4, -0.2) is 92.4 Å². The topological polar surface area (TPSA) is 228 Å². The third kappa shape index (κ3) is 10.5. The zero-order valence-corrected chi connectivity index (χ0v) is 20.7. The van der Waals surface area contributed by atoms with Gasteiger partial charge < -0.3 is 42.1 Å². The minimum Gasteiger partial charge on any atom is -0.508 e. The third-order valence-electron chi connectivity index (χ3n) is 5.07. The predicted octanol–water partition coefficient (Wildman–Crippen LogP) is -1.59. The zero-order chi connectivity index (χ0) is 27.4. The van der Waals surface area contributed by atoms with Crippen LogP contribution in [0, 0.1) is 0 Å². The first-order chi connectivity index (χ1) is 16.8. The molecule has 5 atom stereocenters. The lowest BCUT2D eigenvalue weighted by molar-refractivity contribution is -0.143. The zero-order valence-electron chi connectivity index (χ0n) is 19.8. The molecule has 0 aliphatic heterocycles. The number of hydrogen-bond donors (Lipinski definition) is 8. The maximum Gasteiger partial charge on any atom is 0.326 e. The predicted molar refractivity (Wildman–Crippen MR) is 130 cm³/mol. The van der Waals surface area contributed by atoms with Crippen molar-refractivity contribution in [3.8, 4) is 5.75 Å². The van der Waals surface area contributed by atoms with Gasteiger partial charge in [0.05, 0.1) is 12.5 Å². The molecule has 1 aromatic rings. The molecule has 5 unspecified atom stereocenters. The largest absolute Gasteiger partial charge is 0.508 e. The number of aromatic hydroxyl groups is 1. The van der Waals surface area contributed by atoms with E-state index in [0.29, 0.717) is 11.3 Å². The van der Waals surface area contributed by atoms with Gasteiger partial charge in [0.25, 0.3) is 0 Å². The number of aliphatic hydroxyl groups excluding tert-OH is 1. The van der Waals surface area contributed by atoms with E-state index < -0.39 is 66.4 Å². The fourth-order valence-corrected chi connectivity index (χ4v) is 3.46. The quantitative estimate of drug-likeness (QED) is 0.129. The van der Waals surface area contributed by atoms with Gasteiger partial charge in [-0.25, -0.2) is 4.79 Å². The number of carboxylic acids is 2. The lowest BCUT2D eigenvalue weighted by Crippen LogP contribution is -2.58. The smallest absolute Gasteiger partial charge is 0.326 e. The molecule has 0 heterocycles. The standard InChI is InChI=1S/C22H32N4O9S/c1-11(27)18(23)21(33)24-14(7-8-36-2)19(31)25-15(10-17(29)30)20(32)26-16(22(34)35)9-12-3-5-13(28)6-4-12/h3-6,11,14-16,18,27-28H,7-10,23H2,1-2H3,(H,24,33)(H,25,31)(H,26,32)(H,29,30)(H,34,35). The SMILES string of the molecule is CSCCC(NC(=O)C(N)C(C)O)C(=O)NC(CC(=O)O)C(=O)NC(Cc1ccc(O)cc1)C(=O)O. The molecule has 0 fully saturated rings. The first kappa shape index (κ1) is 30.7. The molecule has 1 rings (SSSR count). The van der Waals surface area contributed by atoms with Crippen LogP contribution in [0.1, 0.15) is 25.3 Å². The number of carbonyl (C=O) groups excluding carboxylic acids is 3. The molecular formula is C22H32N4O9S. The van der Waals surface area contributed by atoms with Gasteiger partial charge in [0.15, 0.2) is 0 Å². The minimum absolute atomic E-state index is 0.0311. The van der Waals surface area contributed by atoms with Crippen LogP contribution < -0.4 is 21.7 Å². The molecule has 0 aromatic heterocycles. The van der Waals surface area contributed by atoms with E-state index in [1.165, 1.54) is 43.0 Å². The van der Waals surface area contributed by atoms with Crippen LogP contribution in [0.5, 0.6) is 5.75 Å². The number of nitrogens with two attached hydrogens (primary N) is 1. The Bertz CT molecular complexity index is 927. The molecule has 36 heavy (non-hydrogen) atoms. The number of carbonyl (C=O) groups is 5. The van der Waals surface area contributed by atoms with Crippen LogP contribution in [0.15, 0.2) is 24.3 Å². The van der Waals surface area contributed by atoms with E-state index in [1.807, 2.05) is 0 Å². The van der Waals surface area contributed by atoms with E-state index >= 15 is 0 Å². The van der Waals surface area contributed by atoms with Crippen LogP contribution in [0.4, 0.5) is 0 Å². The molecule has 3 amide bonds. The Morgan fingerprint density at radius 2 is 1.44 bits per heavy atom. The Morgan fingerprint density at radius 1 is 0.917 bits per heavy atom. The highest BCUT2D eigenvalue weighted by atomic mass is 32.2. The molecule has 0 aliphatic carbocycles. The Balaban J connectivity index is 3.01. The summed E-state index contributed by atoms with van der Waals surface area (Å²) in [5.41, 5.74) is 6.08. The molecule has 0 saturated heterocycles. The Labute approximate surface area is 211 Å². The normalized spacial score (nSPS) is 15.0. The highest BCUT2D eigenvalue weighted by Crippen LogP contribution is 2.12. The summed E-state index contributed by atoms with van der Waals surface area (Å²) in [5.74, 6) is -5.17. The van der Waals surface area contributed by atoms with Crippen molar-refractivity contribution in [3.63, 3.8) is 0 Å². The number of phenols is 1. The second-order valence-electron chi connectivity index (χ2n) is 8.04. The molecule has 9 N–H and O–H groups in total. The van der Waals surface area contributed by atoms with E-state index in [2.05, 4.69) is 16.0 Å². The van der Waals surface area contributed by atoms with Crippen molar-refractivity contribution in [2.24, 2.45) is 5.73 Å². The summed E-state index contributed by atoms with van der Waals surface area (Å²) in [7, 11) is 0. The minimum atomic E-state index is -1.64. The van der Waals surface area contributed by atoms with Crippen LogP contribution in [0.25, 0.3) is 0 Å². The summed E-state index contributed by atoms with van der Waals surface area (Å²) in [5, 5.41) is 44.5. The van der Waals surface area contributed by atoms with Gasteiger partial charge in [-0.2, -0.15) is 11.8 Å². The number of hydrogen-bond acceptors (Lipinski definition) is 9. The first-order valence-corrected chi connectivity index (χ1v) is 12.3. The van der Waals surface area contributed by atoms with E-state index in [0.717, 1.165) is 0 Å². The van der Waals surface area contributed by atoms with Gasteiger partial charge in [0.1, 0.15) is 29.9 Å². The number of thioether (sulfide) groups is 1. The number of carboxylic acid groups (broad SMARTS) is 2. The van der Waals surface area contributed by atoms with Crippen molar-refractivity contribution in [2.45, 2.75) is 56.5 Å². The van der Waals surface area contributed by atoms with Crippen LogP contribution in [0.2, 0.25) is 0 Å². The molecule has 0 radical (unpaired) electrons. The third-order valence-corrected chi connectivity index (χ3v) is 5.71. The Hall–Kier alpha value is -3.36. The number of amides is 3. The number of nitrogens with one attached hydrogen (secondary N) is 3. The van der Waals surface area contributed by atoms with E-state index in [4.69, 9.17) is 5.73 Å². The van der Waals surface area contributed by atoms with Crippen LogP contribution in [-0.2, 0) is 30.4 Å². The second-order valence-corrected chi connectivity index (χ2v) is 9.02. The highest BCUT2D eigenvalue weighted by Gasteiger charge is 2.32. The molecule has 0 aliphatic rings. The number of aliphatic hydroxyl groups is 1. The van der Waals surface area contributed by atoms with Gasteiger partial charge in [0, 0.05) is 6.42 Å². The Morgan fingerprint density at radius 3 is 1.94 bits per heavy atom. The van der Waals surface area contributed by atoms with Gasteiger partial charge in [-0.05, 0) is 43.0 Å². The second kappa shape index (κ2) is 14.9. The van der Waals surface area contributed by atoms with Crippen molar-refractivity contribution >= 4 is 41.4 Å². The summed E-state index contributed by atoms with van der Waals surface area (Å²) < 4.78 is 0. The first-order valence-electron chi connectivity index (χ1n) is 10.9. The monoisotopic (exact) mass is 528 g/mol. The maximum atomic E-state index is 12.9. The molecule has 14 heteroatoms. The van der Waals surface area contributed by atoms with E-state index in [9.17, 15) is 44.4 Å². The molecule has 13 nitrogen and oxygen atoms in total. The van der Waals surface area contributed by atoms with Crippen LogP contribution in [0.3, 0.4) is 0 Å². The fraction of sp³-hybridized carbons (Fsp3) is 0.500. The molecule has 0 bridgehead atoms. The average molecular weight is 529 g/mol. The van der Waals surface area contributed by atoms with Crippen molar-refractivity contribution in [1.29, 1.82) is 0 Å². The summed E-state index contributed by atoms with van der Waals surface area (Å²) in [6.45, 7) is 1.30. The Kier molecular flexibility index (Phi) is 12.7. The van der Waals surface area contributed by atoms with Crippen molar-refractivity contribution < 1.29 is 44.4 Å². The van der Waals surface area contributed by atoms with E-state index in [1.54, 1.807) is 6.26 Å². The summed E-state index contributed by atoms with van der Waals surface area (Å²) in [4.78, 5) is 60.9. The average Bonchev–Trinajstić information content (AvgIpc) is 2.80. The van der Waals surface area contributed by atoms with Crippen molar-refractivity contribution in [1.82, 2.24) is 16.0 Å². The van der Waals surface area contributed by atoms with Gasteiger partial charge in [0.2, 0.25) is 17.7 Å². The number of benzene rings is 1. The van der Waals surface area contributed by atoms with Gasteiger partial charge in [-0.1, -0.05) is 12.1 Å². The number of rotatable bonds is 15. The lowest BCUT2D eigenvalue weighted by Gasteiger charge is -2.25. The highest BCUT2D eigenvalue weighted by molar-refractivity contribution is 7.98. The van der Waals surface area contributed by atoms with Crippen LogP contribution >= 0.6 is 11.8 Å². The maximum absolute atomic E-state index is 12.9. The molecule has 0 spiro atoms. The number of aliphatic carboxylic acids is 2. The summed E-state index contributed by atoms with van der Waals surface area (Å²) in [6.07, 6.45) is -0.329. The molecular weight excluding hydrogens is 496 g/mol. The molecule has 200 valence electrons. The van der Waals surface area contributed by atoms with Gasteiger partial charge >= 0.3 is 11.9 Å². The van der Waals surface area contributed by atoms with Crippen molar-refractivity contribution in [3.05, 3.63) is 29.8 Å². The van der Waals surface area contributed by atoms with E-state index in [-0.39, 0.29) is 18.6 Å². The fourth-order valence-electron chi connectivity index (χ4n) is 2.99. The molecule has 1 aromatic carbocycles.